The second-order valence-corrected chi connectivity index (χ2v) is 9.22. The standard InChI is InChI=1S/C20H20N4O6S.C2HF3O2/c21-10-13-6-7-15-8-14(9-18(25)24(15)12-13)19(26)22-11-17(20(27)28)23-31(29,30)16-4-2-1-3-5-16;3-2(4,5)1(6)7/h1-9,12,17,23H,10-11,21H2,(H,22,26)(H,27,28);(H,6,7)/p+1/t17-;/m0./s1. The van der Waals surface area contributed by atoms with Crippen LogP contribution < -0.4 is 21.3 Å². The molecule has 1 amide bonds. The molecule has 0 fully saturated rings. The van der Waals surface area contributed by atoms with Gasteiger partial charge in [-0.15, -0.1) is 0 Å². The first kappa shape index (κ1) is 29.9. The smallest absolute Gasteiger partial charge is 0.480 e. The van der Waals surface area contributed by atoms with Crippen molar-refractivity contribution in [3.05, 3.63) is 82.3 Å². The van der Waals surface area contributed by atoms with E-state index in [1.54, 1.807) is 24.4 Å². The van der Waals surface area contributed by atoms with Crippen molar-refractivity contribution >= 4 is 33.4 Å². The number of carbonyl (C=O) groups is 3. The number of hydrogen-bond donors (Lipinski definition) is 5. The van der Waals surface area contributed by atoms with E-state index in [0.717, 1.165) is 11.6 Å². The first-order valence-electron chi connectivity index (χ1n) is 10.5. The lowest BCUT2D eigenvalue weighted by atomic mass is 10.2. The number of benzene rings is 1. The molecule has 3 rings (SSSR count). The normalized spacial score (nSPS) is 12.2. The van der Waals surface area contributed by atoms with Crippen molar-refractivity contribution in [2.45, 2.75) is 23.7 Å². The summed E-state index contributed by atoms with van der Waals surface area (Å²) in [6.45, 7) is -0.0138. The largest absolute Gasteiger partial charge is 0.490 e. The summed E-state index contributed by atoms with van der Waals surface area (Å²) in [4.78, 5) is 45.1. The Morgan fingerprint density at radius 3 is 2.16 bits per heavy atom. The number of fused-ring (bicyclic) bond motifs is 1. The molecule has 0 aliphatic rings. The number of quaternary nitrogens is 1. The average molecular weight is 559 g/mol. The molecule has 7 N–H and O–H groups in total. The summed E-state index contributed by atoms with van der Waals surface area (Å²) in [5.41, 5.74) is 4.69. The Morgan fingerprint density at radius 1 is 1.03 bits per heavy atom. The molecule has 0 saturated carbocycles. The van der Waals surface area contributed by atoms with Crippen molar-refractivity contribution in [1.29, 1.82) is 0 Å². The molecule has 2 aromatic heterocycles. The second kappa shape index (κ2) is 12.3. The van der Waals surface area contributed by atoms with Crippen molar-refractivity contribution in [2.75, 3.05) is 6.54 Å². The van der Waals surface area contributed by atoms with Gasteiger partial charge in [0.2, 0.25) is 10.0 Å². The Bertz CT molecular complexity index is 1490. The number of nitrogens with zero attached hydrogens (tertiary/aromatic N) is 1. The van der Waals surface area contributed by atoms with E-state index in [1.165, 1.54) is 34.7 Å². The zero-order valence-corrected chi connectivity index (χ0v) is 20.1. The van der Waals surface area contributed by atoms with Gasteiger partial charge in [-0.25, -0.2) is 13.2 Å². The quantitative estimate of drug-likeness (QED) is 0.251. The summed E-state index contributed by atoms with van der Waals surface area (Å²) < 4.78 is 59.9. The van der Waals surface area contributed by atoms with E-state index < -0.39 is 52.2 Å². The van der Waals surface area contributed by atoms with Gasteiger partial charge >= 0.3 is 18.1 Å². The topological polar surface area (TPSA) is 199 Å². The molecule has 0 aliphatic carbocycles. The minimum atomic E-state index is -5.08. The number of carboxylic acid groups (broad SMARTS) is 2. The number of aliphatic carboxylic acids is 2. The third kappa shape index (κ3) is 8.12. The highest BCUT2D eigenvalue weighted by Crippen LogP contribution is 2.13. The van der Waals surface area contributed by atoms with Gasteiger partial charge < -0.3 is 21.3 Å². The summed E-state index contributed by atoms with van der Waals surface area (Å²) in [5, 5.41) is 18.9. The Kier molecular flexibility index (Phi) is 9.70. The molecule has 0 aliphatic heterocycles. The molecule has 2 heterocycles. The van der Waals surface area contributed by atoms with Gasteiger partial charge in [-0.05, 0) is 30.3 Å². The minimum absolute atomic E-state index is 0.0300. The molecular weight excluding hydrogens is 537 g/mol. The number of amides is 1. The molecule has 38 heavy (non-hydrogen) atoms. The molecule has 1 aromatic carbocycles. The van der Waals surface area contributed by atoms with Crippen LogP contribution in [0.3, 0.4) is 0 Å². The van der Waals surface area contributed by atoms with E-state index in [4.69, 9.17) is 9.90 Å². The molecular formula is C22H22F3N4O8S+. The van der Waals surface area contributed by atoms with Crippen LogP contribution in [0.15, 0.2) is 70.5 Å². The molecule has 3 aromatic rings. The van der Waals surface area contributed by atoms with Crippen LogP contribution in [0.4, 0.5) is 13.2 Å². The SMILES string of the molecule is O=C(O)C(F)(F)F.[NH3+]Cc1ccc2cc(C(=O)NC[C@H](NS(=O)(=O)c3ccccc3)C(=O)O)cc(=O)n2c1. The maximum Gasteiger partial charge on any atom is 0.490 e. The van der Waals surface area contributed by atoms with Crippen LogP contribution in [-0.2, 0) is 26.2 Å². The molecule has 16 heteroatoms. The molecule has 0 unspecified atom stereocenters. The van der Waals surface area contributed by atoms with Crippen LogP contribution in [-0.4, -0.2) is 59.6 Å². The highest BCUT2D eigenvalue weighted by atomic mass is 32.2. The number of alkyl halides is 3. The van der Waals surface area contributed by atoms with E-state index >= 15 is 0 Å². The van der Waals surface area contributed by atoms with E-state index in [2.05, 4.69) is 15.8 Å². The fourth-order valence-electron chi connectivity index (χ4n) is 2.88. The maximum atomic E-state index is 12.5. The lowest BCUT2D eigenvalue weighted by Crippen LogP contribution is -2.48. The van der Waals surface area contributed by atoms with Crippen molar-refractivity contribution in [1.82, 2.24) is 14.4 Å². The Hall–Kier alpha value is -4.28. The molecule has 204 valence electrons. The van der Waals surface area contributed by atoms with Gasteiger partial charge in [0.15, 0.2) is 0 Å². The van der Waals surface area contributed by atoms with Crippen LogP contribution in [0.25, 0.3) is 5.52 Å². The molecule has 0 spiro atoms. The number of hydrogen-bond acceptors (Lipinski definition) is 6. The summed E-state index contributed by atoms with van der Waals surface area (Å²) in [7, 11) is -4.10. The van der Waals surface area contributed by atoms with Crippen molar-refractivity contribution in [2.24, 2.45) is 0 Å². The van der Waals surface area contributed by atoms with Gasteiger partial charge in [-0.2, -0.15) is 17.9 Å². The van der Waals surface area contributed by atoms with Crippen molar-refractivity contribution in [3.63, 3.8) is 0 Å². The number of sulfonamides is 1. The fourth-order valence-corrected chi connectivity index (χ4v) is 4.09. The number of carbonyl (C=O) groups excluding carboxylic acids is 1. The number of pyridine rings is 2. The molecule has 0 saturated heterocycles. The monoisotopic (exact) mass is 559 g/mol. The molecule has 0 radical (unpaired) electrons. The third-order valence-electron chi connectivity index (χ3n) is 4.77. The van der Waals surface area contributed by atoms with Crippen molar-refractivity contribution in [3.8, 4) is 0 Å². The second-order valence-electron chi connectivity index (χ2n) is 7.50. The van der Waals surface area contributed by atoms with Gasteiger partial charge in [0.05, 0.1) is 4.90 Å². The van der Waals surface area contributed by atoms with Crippen molar-refractivity contribution < 1.29 is 51.9 Å². The predicted molar refractivity (Wildman–Crippen MR) is 124 cm³/mol. The molecule has 0 bridgehead atoms. The van der Waals surface area contributed by atoms with Gasteiger partial charge in [0, 0.05) is 35.5 Å². The van der Waals surface area contributed by atoms with Crippen LogP contribution in [0, 0.1) is 0 Å². The number of carboxylic acids is 2. The van der Waals surface area contributed by atoms with Gasteiger partial charge in [-0.1, -0.05) is 18.2 Å². The summed E-state index contributed by atoms with van der Waals surface area (Å²) in [5.74, 6) is -4.92. The lowest BCUT2D eigenvalue weighted by molar-refractivity contribution is -0.386. The number of aromatic nitrogens is 1. The van der Waals surface area contributed by atoms with E-state index in [9.17, 15) is 41.1 Å². The predicted octanol–water partition coefficient (Wildman–Crippen LogP) is -0.164. The Morgan fingerprint density at radius 2 is 1.63 bits per heavy atom. The number of nitrogens with one attached hydrogen (secondary N) is 2. The van der Waals surface area contributed by atoms with Crippen LogP contribution >= 0.6 is 0 Å². The Labute approximate surface area is 212 Å². The van der Waals surface area contributed by atoms with E-state index in [-0.39, 0.29) is 10.5 Å². The highest BCUT2D eigenvalue weighted by molar-refractivity contribution is 7.89. The number of halogens is 3. The van der Waals surface area contributed by atoms with Gasteiger partial charge in [0.1, 0.15) is 12.6 Å². The summed E-state index contributed by atoms with van der Waals surface area (Å²) in [6, 6.07) is 11.7. The summed E-state index contributed by atoms with van der Waals surface area (Å²) in [6.07, 6.45) is -3.45. The first-order chi connectivity index (χ1) is 17.7. The lowest BCUT2D eigenvalue weighted by Gasteiger charge is -2.16. The van der Waals surface area contributed by atoms with Crippen LogP contribution in [0.2, 0.25) is 0 Å². The highest BCUT2D eigenvalue weighted by Gasteiger charge is 2.38. The van der Waals surface area contributed by atoms with E-state index in [0.29, 0.717) is 12.1 Å². The average Bonchev–Trinajstić information content (AvgIpc) is 2.86. The van der Waals surface area contributed by atoms with E-state index in [1.807, 2.05) is 0 Å². The minimum Gasteiger partial charge on any atom is -0.480 e. The third-order valence-corrected chi connectivity index (χ3v) is 6.26. The zero-order valence-electron chi connectivity index (χ0n) is 19.3. The maximum absolute atomic E-state index is 12.5. The van der Waals surface area contributed by atoms with Crippen LogP contribution in [0.5, 0.6) is 0 Å². The molecule has 12 nitrogen and oxygen atoms in total. The fraction of sp³-hybridized carbons (Fsp3) is 0.182. The summed E-state index contributed by atoms with van der Waals surface area (Å²) >= 11 is 0. The molecule has 1 atom stereocenters. The van der Waals surface area contributed by atoms with Gasteiger partial charge in [-0.3, -0.25) is 18.8 Å². The first-order valence-corrected chi connectivity index (χ1v) is 12.0. The van der Waals surface area contributed by atoms with Gasteiger partial charge in [0.25, 0.3) is 11.5 Å². The Balaban J connectivity index is 0.000000638. The zero-order chi connectivity index (χ0) is 28.7. The van der Waals surface area contributed by atoms with Crippen LogP contribution in [0.1, 0.15) is 15.9 Å². The number of rotatable bonds is 8.